The second-order valence-electron chi connectivity index (χ2n) is 5.60. The number of para-hydroxylation sites is 1. The first-order valence-electron chi connectivity index (χ1n) is 7.65. The number of benzene rings is 2. The monoisotopic (exact) mass is 388 g/mol. The molecule has 1 heterocycles. The van der Waals surface area contributed by atoms with Gasteiger partial charge < -0.3 is 4.90 Å². The van der Waals surface area contributed by atoms with Crippen LogP contribution < -0.4 is 10.4 Å². The molecule has 1 unspecified atom stereocenters. The van der Waals surface area contributed by atoms with Crippen LogP contribution in [-0.4, -0.2) is 18.4 Å². The molecule has 0 radical (unpaired) electrons. The first kappa shape index (κ1) is 16.7. The van der Waals surface area contributed by atoms with Crippen molar-refractivity contribution >= 4 is 33.4 Å². The number of halogens is 1. The Morgan fingerprint density at radius 1 is 1.17 bits per heavy atom. The number of nitrogens with zero attached hydrogens (tertiary/aromatic N) is 1. The Kier molecular flexibility index (Phi) is 5.27. The van der Waals surface area contributed by atoms with Gasteiger partial charge in [-0.1, -0.05) is 42.5 Å². The molecule has 0 saturated carbocycles. The summed E-state index contributed by atoms with van der Waals surface area (Å²) >= 11 is 3.44. The van der Waals surface area contributed by atoms with Gasteiger partial charge in [-0.15, -0.1) is 0 Å². The summed E-state index contributed by atoms with van der Waals surface area (Å²) in [6.07, 6.45) is 0.182. The Bertz CT molecular complexity index is 736. The highest BCUT2D eigenvalue weighted by Crippen LogP contribution is 2.31. The SMILES string of the molecule is O=C(NOCc1ccccc1)C1CC(=O)N(c2ccccc2Br)C1. The van der Waals surface area contributed by atoms with Crippen molar-refractivity contribution in [1.29, 1.82) is 0 Å². The fraction of sp³-hybridized carbons (Fsp3) is 0.222. The lowest BCUT2D eigenvalue weighted by molar-refractivity contribution is -0.138. The lowest BCUT2D eigenvalue weighted by Crippen LogP contribution is -2.33. The third-order valence-corrected chi connectivity index (χ3v) is 4.56. The van der Waals surface area contributed by atoms with E-state index in [0.717, 1.165) is 15.7 Å². The molecule has 0 aliphatic carbocycles. The van der Waals surface area contributed by atoms with Crippen LogP contribution >= 0.6 is 15.9 Å². The van der Waals surface area contributed by atoms with Gasteiger partial charge in [-0.3, -0.25) is 14.4 Å². The van der Waals surface area contributed by atoms with Crippen molar-refractivity contribution in [2.45, 2.75) is 13.0 Å². The van der Waals surface area contributed by atoms with Gasteiger partial charge >= 0.3 is 0 Å². The van der Waals surface area contributed by atoms with E-state index in [1.165, 1.54) is 0 Å². The minimum atomic E-state index is -0.416. The number of amides is 2. The summed E-state index contributed by atoms with van der Waals surface area (Å²) in [5.41, 5.74) is 4.20. The molecular weight excluding hydrogens is 372 g/mol. The summed E-state index contributed by atoms with van der Waals surface area (Å²) in [5, 5.41) is 0. The summed E-state index contributed by atoms with van der Waals surface area (Å²) in [6.45, 7) is 0.642. The van der Waals surface area contributed by atoms with Crippen molar-refractivity contribution in [1.82, 2.24) is 5.48 Å². The van der Waals surface area contributed by atoms with Crippen LogP contribution in [0.25, 0.3) is 0 Å². The van der Waals surface area contributed by atoms with Crippen LogP contribution in [0.15, 0.2) is 59.1 Å². The van der Waals surface area contributed by atoms with Crippen LogP contribution in [0.4, 0.5) is 5.69 Å². The molecule has 0 bridgehead atoms. The van der Waals surface area contributed by atoms with Gasteiger partial charge in [0.05, 0.1) is 18.2 Å². The lowest BCUT2D eigenvalue weighted by Gasteiger charge is -2.18. The molecule has 2 amide bonds. The van der Waals surface area contributed by atoms with E-state index in [9.17, 15) is 9.59 Å². The Morgan fingerprint density at radius 3 is 2.62 bits per heavy atom. The highest BCUT2D eigenvalue weighted by atomic mass is 79.9. The van der Waals surface area contributed by atoms with Gasteiger partial charge in [-0.05, 0) is 33.6 Å². The van der Waals surface area contributed by atoms with Gasteiger partial charge in [0.25, 0.3) is 0 Å². The van der Waals surface area contributed by atoms with E-state index < -0.39 is 5.92 Å². The fourth-order valence-corrected chi connectivity index (χ4v) is 3.13. The number of hydrogen-bond acceptors (Lipinski definition) is 3. The van der Waals surface area contributed by atoms with Crippen LogP contribution in [0.3, 0.4) is 0 Å². The minimum absolute atomic E-state index is 0.0647. The largest absolute Gasteiger partial charge is 0.310 e. The standard InChI is InChI=1S/C18H17BrN2O3/c19-15-8-4-5-9-16(15)21-11-14(10-17(21)22)18(23)20-24-12-13-6-2-1-3-7-13/h1-9,14H,10-12H2,(H,20,23). The number of hydrogen-bond donors (Lipinski definition) is 1. The molecule has 24 heavy (non-hydrogen) atoms. The summed E-state index contributed by atoms with van der Waals surface area (Å²) < 4.78 is 0.833. The van der Waals surface area contributed by atoms with Crippen LogP contribution in [0.2, 0.25) is 0 Å². The van der Waals surface area contributed by atoms with Crippen molar-refractivity contribution in [3.05, 3.63) is 64.6 Å². The zero-order valence-electron chi connectivity index (χ0n) is 12.9. The molecular formula is C18H17BrN2O3. The predicted molar refractivity (Wildman–Crippen MR) is 94.0 cm³/mol. The van der Waals surface area contributed by atoms with E-state index in [0.29, 0.717) is 13.2 Å². The Labute approximate surface area is 148 Å². The number of carbonyl (C=O) groups excluding carboxylic acids is 2. The van der Waals surface area contributed by atoms with Gasteiger partial charge in [0.2, 0.25) is 11.8 Å². The fourth-order valence-electron chi connectivity index (χ4n) is 2.63. The van der Waals surface area contributed by atoms with E-state index in [1.54, 1.807) is 4.90 Å². The second kappa shape index (κ2) is 7.59. The molecule has 1 aliphatic rings. The van der Waals surface area contributed by atoms with Crippen LogP contribution in [0.5, 0.6) is 0 Å². The lowest BCUT2D eigenvalue weighted by atomic mass is 10.1. The number of nitrogens with one attached hydrogen (secondary N) is 1. The normalized spacial score (nSPS) is 17.1. The molecule has 3 rings (SSSR count). The zero-order valence-corrected chi connectivity index (χ0v) is 14.5. The highest BCUT2D eigenvalue weighted by Gasteiger charge is 2.35. The van der Waals surface area contributed by atoms with Gasteiger partial charge in [-0.2, -0.15) is 0 Å². The van der Waals surface area contributed by atoms with Gasteiger partial charge in [-0.25, -0.2) is 5.48 Å². The van der Waals surface area contributed by atoms with E-state index >= 15 is 0 Å². The predicted octanol–water partition coefficient (Wildman–Crippen LogP) is 3.05. The average molecular weight is 389 g/mol. The number of carbonyl (C=O) groups is 2. The van der Waals surface area contributed by atoms with Crippen molar-refractivity contribution in [3.63, 3.8) is 0 Å². The van der Waals surface area contributed by atoms with E-state index in [2.05, 4.69) is 21.4 Å². The summed E-state index contributed by atoms with van der Waals surface area (Å²) in [6, 6.07) is 17.0. The Hall–Kier alpha value is -2.18. The third-order valence-electron chi connectivity index (χ3n) is 3.89. The topological polar surface area (TPSA) is 58.6 Å². The summed E-state index contributed by atoms with van der Waals surface area (Å²) in [5.74, 6) is -0.751. The summed E-state index contributed by atoms with van der Waals surface area (Å²) in [4.78, 5) is 31.3. The molecule has 1 atom stereocenters. The number of rotatable bonds is 5. The maximum Gasteiger partial charge on any atom is 0.248 e. The van der Waals surface area contributed by atoms with Gasteiger partial charge in [0, 0.05) is 17.4 Å². The molecule has 1 fully saturated rings. The number of anilines is 1. The Balaban J connectivity index is 1.55. The minimum Gasteiger partial charge on any atom is -0.310 e. The zero-order chi connectivity index (χ0) is 16.9. The van der Waals surface area contributed by atoms with Crippen molar-refractivity contribution < 1.29 is 14.4 Å². The van der Waals surface area contributed by atoms with Gasteiger partial charge in [0.1, 0.15) is 0 Å². The first-order chi connectivity index (χ1) is 11.6. The van der Waals surface area contributed by atoms with Crippen molar-refractivity contribution in [2.75, 3.05) is 11.4 Å². The Morgan fingerprint density at radius 2 is 1.88 bits per heavy atom. The van der Waals surface area contributed by atoms with Crippen molar-refractivity contribution in [3.8, 4) is 0 Å². The quantitative estimate of drug-likeness (QED) is 0.800. The highest BCUT2D eigenvalue weighted by molar-refractivity contribution is 9.10. The molecule has 5 nitrogen and oxygen atoms in total. The smallest absolute Gasteiger partial charge is 0.248 e. The first-order valence-corrected chi connectivity index (χ1v) is 8.45. The maximum absolute atomic E-state index is 12.2. The van der Waals surface area contributed by atoms with E-state index in [-0.39, 0.29) is 18.2 Å². The molecule has 1 N–H and O–H groups in total. The summed E-state index contributed by atoms with van der Waals surface area (Å²) in [7, 11) is 0. The number of hydroxylamine groups is 1. The molecule has 124 valence electrons. The van der Waals surface area contributed by atoms with Gasteiger partial charge in [0.15, 0.2) is 0 Å². The molecule has 2 aromatic carbocycles. The average Bonchev–Trinajstić information content (AvgIpc) is 2.98. The molecule has 6 heteroatoms. The maximum atomic E-state index is 12.2. The van der Waals surface area contributed by atoms with Crippen molar-refractivity contribution in [2.24, 2.45) is 5.92 Å². The molecule has 0 aromatic heterocycles. The second-order valence-corrected chi connectivity index (χ2v) is 6.45. The molecule has 1 aliphatic heterocycles. The van der Waals surface area contributed by atoms with Crippen LogP contribution in [-0.2, 0) is 21.0 Å². The molecule has 1 saturated heterocycles. The van der Waals surface area contributed by atoms with E-state index in [1.807, 2.05) is 54.6 Å². The van der Waals surface area contributed by atoms with Crippen LogP contribution in [0, 0.1) is 5.92 Å². The van der Waals surface area contributed by atoms with E-state index in [4.69, 9.17) is 4.84 Å². The molecule has 2 aromatic rings. The van der Waals surface area contributed by atoms with Crippen LogP contribution in [0.1, 0.15) is 12.0 Å². The molecule has 0 spiro atoms. The third kappa shape index (κ3) is 3.83.